The zero-order valence-electron chi connectivity index (χ0n) is 11.1. The van der Waals surface area contributed by atoms with Gasteiger partial charge in [-0.3, -0.25) is 0 Å². The maximum absolute atomic E-state index is 11.8. The van der Waals surface area contributed by atoms with E-state index in [2.05, 4.69) is 24.0 Å². The fourth-order valence-electron chi connectivity index (χ4n) is 2.26. The molecule has 2 aliphatic rings. The number of nitrogens with zero attached hydrogens (tertiary/aromatic N) is 1. The summed E-state index contributed by atoms with van der Waals surface area (Å²) in [6.07, 6.45) is 6.20. The van der Waals surface area contributed by atoms with Gasteiger partial charge in [0.1, 0.15) is 0 Å². The Bertz CT molecular complexity index is 551. The molecule has 19 heavy (non-hydrogen) atoms. The van der Waals surface area contributed by atoms with Gasteiger partial charge in [0.15, 0.2) is 5.70 Å². The van der Waals surface area contributed by atoms with Crippen LogP contribution in [-0.2, 0) is 16.0 Å². The van der Waals surface area contributed by atoms with Gasteiger partial charge in [-0.2, -0.15) is 0 Å². The zero-order valence-corrected chi connectivity index (χ0v) is 11.1. The van der Waals surface area contributed by atoms with Gasteiger partial charge in [-0.05, 0) is 36.5 Å². The number of carbonyl (C=O) groups excluding carboxylic acids is 1. The number of aliphatic imine (C=N–C) groups is 1. The number of aryl methyl sites for hydroxylation is 1. The first-order valence-corrected chi connectivity index (χ1v) is 6.87. The molecule has 0 atom stereocenters. The molecule has 0 aromatic heterocycles. The molecule has 3 heteroatoms. The lowest BCUT2D eigenvalue weighted by Gasteiger charge is -2.23. The number of benzene rings is 1. The van der Waals surface area contributed by atoms with Crippen molar-refractivity contribution in [1.29, 1.82) is 0 Å². The largest absolute Gasteiger partial charge is 0.406 e. The normalized spacial score (nSPS) is 21.2. The minimum atomic E-state index is -0.318. The fraction of sp³-hybridized carbons (Fsp3) is 0.375. The van der Waals surface area contributed by atoms with Crippen molar-refractivity contribution < 1.29 is 9.53 Å². The van der Waals surface area contributed by atoms with Crippen LogP contribution < -0.4 is 0 Å². The molecular formula is C16H17NO2. The minimum absolute atomic E-state index is 0.318. The van der Waals surface area contributed by atoms with Gasteiger partial charge in [-0.15, -0.1) is 0 Å². The number of hydrogen-bond donors (Lipinski definition) is 0. The second kappa shape index (κ2) is 5.00. The Balaban J connectivity index is 1.81. The molecule has 1 aromatic rings. The van der Waals surface area contributed by atoms with E-state index in [0.717, 1.165) is 24.8 Å². The molecule has 0 saturated heterocycles. The van der Waals surface area contributed by atoms with E-state index in [-0.39, 0.29) is 5.97 Å². The van der Waals surface area contributed by atoms with Crippen LogP contribution in [-0.4, -0.2) is 11.9 Å². The highest BCUT2D eigenvalue weighted by atomic mass is 16.6. The molecule has 98 valence electrons. The Labute approximate surface area is 113 Å². The Kier molecular flexibility index (Phi) is 3.20. The summed E-state index contributed by atoms with van der Waals surface area (Å²) < 4.78 is 5.24. The summed E-state index contributed by atoms with van der Waals surface area (Å²) in [7, 11) is 0. The summed E-state index contributed by atoms with van der Waals surface area (Å²) in [5.41, 5.74) is 2.70. The molecule has 3 rings (SSSR count). The molecular weight excluding hydrogens is 238 g/mol. The van der Waals surface area contributed by atoms with Crippen LogP contribution in [0.25, 0.3) is 6.08 Å². The minimum Gasteiger partial charge on any atom is -0.406 e. The molecule has 1 aromatic carbocycles. The molecule has 0 radical (unpaired) electrons. The molecule has 3 nitrogen and oxygen atoms in total. The summed E-state index contributed by atoms with van der Waals surface area (Å²) >= 11 is 0. The molecule has 0 N–H and O–H groups in total. The molecule has 1 aliphatic carbocycles. The van der Waals surface area contributed by atoms with Crippen molar-refractivity contribution in [2.24, 2.45) is 10.9 Å². The molecule has 0 bridgehead atoms. The van der Waals surface area contributed by atoms with Gasteiger partial charge in [-0.1, -0.05) is 37.6 Å². The van der Waals surface area contributed by atoms with Gasteiger partial charge in [0.2, 0.25) is 5.90 Å². The third-order valence-corrected chi connectivity index (χ3v) is 3.78. The predicted octanol–water partition coefficient (Wildman–Crippen LogP) is 3.35. The SMILES string of the molecule is CCc1ccc(/C=C2/N=C(C3CCC3)OC2=O)cc1. The van der Waals surface area contributed by atoms with E-state index in [1.54, 1.807) is 6.08 Å². The number of cyclic esters (lactones) is 1. The number of ether oxygens (including phenoxy) is 1. The summed E-state index contributed by atoms with van der Waals surface area (Å²) in [5.74, 6) is 0.659. The summed E-state index contributed by atoms with van der Waals surface area (Å²) in [5, 5.41) is 0. The van der Waals surface area contributed by atoms with Crippen molar-refractivity contribution in [3.63, 3.8) is 0 Å². The Hall–Kier alpha value is -1.90. The van der Waals surface area contributed by atoms with Crippen LogP contribution in [0.4, 0.5) is 0 Å². The van der Waals surface area contributed by atoms with E-state index in [4.69, 9.17) is 4.74 Å². The Morgan fingerprint density at radius 2 is 2.05 bits per heavy atom. The average Bonchev–Trinajstić information content (AvgIpc) is 2.69. The van der Waals surface area contributed by atoms with Crippen molar-refractivity contribution >= 4 is 17.9 Å². The van der Waals surface area contributed by atoms with Crippen molar-refractivity contribution in [2.45, 2.75) is 32.6 Å². The van der Waals surface area contributed by atoms with E-state index in [1.807, 2.05) is 12.1 Å². The average molecular weight is 255 g/mol. The fourth-order valence-corrected chi connectivity index (χ4v) is 2.26. The highest BCUT2D eigenvalue weighted by molar-refractivity contribution is 6.07. The molecule has 0 unspecified atom stereocenters. The van der Waals surface area contributed by atoms with Crippen LogP contribution in [0, 0.1) is 5.92 Å². The Morgan fingerprint density at radius 3 is 2.63 bits per heavy atom. The van der Waals surface area contributed by atoms with Gasteiger partial charge in [0.05, 0.1) is 0 Å². The van der Waals surface area contributed by atoms with Gasteiger partial charge in [-0.25, -0.2) is 9.79 Å². The highest BCUT2D eigenvalue weighted by Gasteiger charge is 2.32. The quantitative estimate of drug-likeness (QED) is 0.613. The lowest BCUT2D eigenvalue weighted by Crippen LogP contribution is -2.22. The van der Waals surface area contributed by atoms with Crippen LogP contribution in [0.5, 0.6) is 0 Å². The van der Waals surface area contributed by atoms with Gasteiger partial charge < -0.3 is 4.74 Å². The summed E-state index contributed by atoms with van der Waals surface area (Å²) in [4.78, 5) is 16.1. The van der Waals surface area contributed by atoms with E-state index in [9.17, 15) is 4.79 Å². The van der Waals surface area contributed by atoms with Crippen molar-refractivity contribution in [3.8, 4) is 0 Å². The summed E-state index contributed by atoms with van der Waals surface area (Å²) in [6.45, 7) is 2.12. The third-order valence-electron chi connectivity index (χ3n) is 3.78. The third kappa shape index (κ3) is 2.46. The number of rotatable bonds is 3. The van der Waals surface area contributed by atoms with E-state index < -0.39 is 0 Å². The lowest BCUT2D eigenvalue weighted by atomic mass is 9.85. The summed E-state index contributed by atoms with van der Waals surface area (Å²) in [6, 6.07) is 8.17. The standard InChI is InChI=1S/C16H17NO2/c1-2-11-6-8-12(9-7-11)10-14-16(18)19-15(17-14)13-4-3-5-13/h6-10,13H,2-5H2,1H3/b14-10+. The van der Waals surface area contributed by atoms with E-state index >= 15 is 0 Å². The first kappa shape index (κ1) is 12.2. The van der Waals surface area contributed by atoms with Crippen LogP contribution in [0.2, 0.25) is 0 Å². The molecule has 1 fully saturated rings. The lowest BCUT2D eigenvalue weighted by molar-refractivity contribution is -0.130. The second-order valence-electron chi connectivity index (χ2n) is 5.09. The Morgan fingerprint density at radius 1 is 1.32 bits per heavy atom. The predicted molar refractivity (Wildman–Crippen MR) is 74.7 cm³/mol. The van der Waals surface area contributed by atoms with Crippen LogP contribution in [0.1, 0.15) is 37.3 Å². The van der Waals surface area contributed by atoms with E-state index in [0.29, 0.717) is 17.5 Å². The maximum atomic E-state index is 11.8. The monoisotopic (exact) mass is 255 g/mol. The van der Waals surface area contributed by atoms with Gasteiger partial charge in [0.25, 0.3) is 0 Å². The van der Waals surface area contributed by atoms with E-state index in [1.165, 1.54) is 12.0 Å². The molecule has 1 heterocycles. The first-order chi connectivity index (χ1) is 9.26. The highest BCUT2D eigenvalue weighted by Crippen LogP contribution is 2.31. The molecule has 1 aliphatic heterocycles. The van der Waals surface area contributed by atoms with Crippen LogP contribution in [0.15, 0.2) is 35.0 Å². The number of esters is 1. The molecule has 1 saturated carbocycles. The van der Waals surface area contributed by atoms with Crippen LogP contribution >= 0.6 is 0 Å². The van der Waals surface area contributed by atoms with Crippen LogP contribution in [0.3, 0.4) is 0 Å². The maximum Gasteiger partial charge on any atom is 0.363 e. The smallest absolute Gasteiger partial charge is 0.363 e. The first-order valence-electron chi connectivity index (χ1n) is 6.87. The van der Waals surface area contributed by atoms with Gasteiger partial charge in [0, 0.05) is 5.92 Å². The molecule has 0 amide bonds. The van der Waals surface area contributed by atoms with Crippen molar-refractivity contribution in [2.75, 3.05) is 0 Å². The topological polar surface area (TPSA) is 38.7 Å². The van der Waals surface area contributed by atoms with Gasteiger partial charge >= 0.3 is 5.97 Å². The number of carbonyl (C=O) groups is 1. The molecule has 0 spiro atoms. The number of hydrogen-bond acceptors (Lipinski definition) is 3. The van der Waals surface area contributed by atoms with Crippen molar-refractivity contribution in [3.05, 3.63) is 41.1 Å². The zero-order chi connectivity index (χ0) is 13.2. The second-order valence-corrected chi connectivity index (χ2v) is 5.09. The van der Waals surface area contributed by atoms with Crippen molar-refractivity contribution in [1.82, 2.24) is 0 Å².